The zero-order valence-electron chi connectivity index (χ0n) is 12.2. The van der Waals surface area contributed by atoms with Crippen LogP contribution in [-0.2, 0) is 4.79 Å². The van der Waals surface area contributed by atoms with Crippen molar-refractivity contribution in [2.45, 2.75) is 33.1 Å². The van der Waals surface area contributed by atoms with Crippen molar-refractivity contribution in [3.05, 3.63) is 12.0 Å². The molecule has 0 aliphatic carbocycles. The number of aryl methyl sites for hydroxylation is 1. The molecule has 1 atom stereocenters. The van der Waals surface area contributed by atoms with E-state index < -0.39 is 11.4 Å². The van der Waals surface area contributed by atoms with Crippen LogP contribution in [0.3, 0.4) is 0 Å². The first-order valence-electron chi connectivity index (χ1n) is 7.13. The second-order valence-electron chi connectivity index (χ2n) is 5.65. The summed E-state index contributed by atoms with van der Waals surface area (Å²) in [5, 5.41) is 14.3. The normalized spacial score (nSPS) is 22.1. The lowest BCUT2D eigenvalue weighted by Crippen LogP contribution is -2.34. The Morgan fingerprint density at radius 1 is 1.52 bits per heavy atom. The smallest absolute Gasteiger partial charge is 0.311 e. The van der Waals surface area contributed by atoms with Crippen molar-refractivity contribution in [3.8, 4) is 0 Å². The SMILES string of the molecule is CCCC1(C(=O)O)CCN(c2ncnc3onc(C)c23)C1. The van der Waals surface area contributed by atoms with E-state index in [1.54, 1.807) is 0 Å². The highest BCUT2D eigenvalue weighted by Gasteiger charge is 2.44. The summed E-state index contributed by atoms with van der Waals surface area (Å²) in [6, 6.07) is 0. The predicted molar refractivity (Wildman–Crippen MR) is 76.1 cm³/mol. The lowest BCUT2D eigenvalue weighted by atomic mass is 9.83. The average Bonchev–Trinajstić information content (AvgIpc) is 3.05. The Morgan fingerprint density at radius 2 is 2.33 bits per heavy atom. The second-order valence-corrected chi connectivity index (χ2v) is 5.65. The van der Waals surface area contributed by atoms with Gasteiger partial charge in [-0.15, -0.1) is 0 Å². The Bertz CT molecular complexity index is 684. The number of rotatable bonds is 4. The van der Waals surface area contributed by atoms with Crippen LogP contribution in [0.2, 0.25) is 0 Å². The molecule has 1 saturated heterocycles. The molecule has 1 unspecified atom stereocenters. The summed E-state index contributed by atoms with van der Waals surface area (Å²) in [5.41, 5.74) is 0.488. The van der Waals surface area contributed by atoms with Crippen LogP contribution in [0.5, 0.6) is 0 Å². The molecule has 0 aromatic carbocycles. The Balaban J connectivity index is 1.98. The lowest BCUT2D eigenvalue weighted by molar-refractivity contribution is -0.148. The summed E-state index contributed by atoms with van der Waals surface area (Å²) < 4.78 is 5.15. The molecule has 0 bridgehead atoms. The predicted octanol–water partition coefficient (Wildman–Crippen LogP) is 2.01. The molecular weight excluding hydrogens is 272 g/mol. The Kier molecular flexibility index (Phi) is 3.27. The van der Waals surface area contributed by atoms with E-state index >= 15 is 0 Å². The molecule has 0 amide bonds. The number of nitrogens with zero attached hydrogens (tertiary/aromatic N) is 4. The molecule has 7 heteroatoms. The molecule has 0 spiro atoms. The van der Waals surface area contributed by atoms with Crippen molar-refractivity contribution < 1.29 is 14.4 Å². The van der Waals surface area contributed by atoms with Crippen molar-refractivity contribution in [1.29, 1.82) is 0 Å². The van der Waals surface area contributed by atoms with Gasteiger partial charge in [0.25, 0.3) is 5.71 Å². The van der Waals surface area contributed by atoms with Crippen LogP contribution in [-0.4, -0.2) is 39.3 Å². The van der Waals surface area contributed by atoms with E-state index in [1.807, 2.05) is 18.7 Å². The zero-order valence-corrected chi connectivity index (χ0v) is 12.2. The van der Waals surface area contributed by atoms with Crippen LogP contribution < -0.4 is 4.90 Å². The first-order valence-corrected chi connectivity index (χ1v) is 7.13. The summed E-state index contributed by atoms with van der Waals surface area (Å²) in [5.74, 6) is -0.00262. The fourth-order valence-electron chi connectivity index (χ4n) is 3.16. The molecule has 1 fully saturated rings. The molecule has 1 N–H and O–H groups in total. The maximum atomic E-state index is 11.7. The molecule has 3 rings (SSSR count). The second kappa shape index (κ2) is 4.98. The standard InChI is InChI=1S/C14H18N4O3/c1-3-4-14(13(19)20)5-6-18(7-14)11-10-9(2)17-21-12(10)16-8-15-11/h8H,3-7H2,1-2H3,(H,19,20). The number of fused-ring (bicyclic) bond motifs is 1. The first kappa shape index (κ1) is 13.8. The number of carbonyl (C=O) groups is 1. The minimum atomic E-state index is -0.723. The molecule has 0 saturated carbocycles. The van der Waals surface area contributed by atoms with Gasteiger partial charge in [-0.25, -0.2) is 4.98 Å². The Morgan fingerprint density at radius 3 is 3.05 bits per heavy atom. The van der Waals surface area contributed by atoms with Gasteiger partial charge in [0.2, 0.25) is 0 Å². The number of hydrogen-bond donors (Lipinski definition) is 1. The van der Waals surface area contributed by atoms with Crippen LogP contribution in [0.4, 0.5) is 5.82 Å². The molecular formula is C14H18N4O3. The van der Waals surface area contributed by atoms with Gasteiger partial charge in [-0.2, -0.15) is 4.98 Å². The van der Waals surface area contributed by atoms with E-state index in [0.717, 1.165) is 23.3 Å². The minimum absolute atomic E-state index is 0.445. The Labute approximate surface area is 122 Å². The van der Waals surface area contributed by atoms with Crippen molar-refractivity contribution in [3.63, 3.8) is 0 Å². The van der Waals surface area contributed by atoms with E-state index in [1.165, 1.54) is 6.33 Å². The number of hydrogen-bond acceptors (Lipinski definition) is 6. The quantitative estimate of drug-likeness (QED) is 0.920. The van der Waals surface area contributed by atoms with Gasteiger partial charge < -0.3 is 14.5 Å². The third kappa shape index (κ3) is 2.12. The number of aliphatic carboxylic acids is 1. The van der Waals surface area contributed by atoms with Crippen LogP contribution >= 0.6 is 0 Å². The highest BCUT2D eigenvalue weighted by atomic mass is 16.5. The fourth-order valence-corrected chi connectivity index (χ4v) is 3.16. The van der Waals surface area contributed by atoms with E-state index in [0.29, 0.717) is 31.6 Å². The van der Waals surface area contributed by atoms with Crippen molar-refractivity contribution in [2.75, 3.05) is 18.0 Å². The van der Waals surface area contributed by atoms with Gasteiger partial charge in [0.1, 0.15) is 17.5 Å². The van der Waals surface area contributed by atoms with E-state index in [2.05, 4.69) is 15.1 Å². The lowest BCUT2D eigenvalue weighted by Gasteiger charge is -2.24. The minimum Gasteiger partial charge on any atom is -0.481 e. The maximum Gasteiger partial charge on any atom is 0.311 e. The van der Waals surface area contributed by atoms with E-state index in [-0.39, 0.29) is 0 Å². The Hall–Kier alpha value is -2.18. The number of anilines is 1. The number of carboxylic acids is 1. The number of carboxylic acid groups (broad SMARTS) is 1. The third-order valence-electron chi connectivity index (χ3n) is 4.26. The molecule has 21 heavy (non-hydrogen) atoms. The van der Waals surface area contributed by atoms with Gasteiger partial charge in [-0.05, 0) is 19.8 Å². The molecule has 7 nitrogen and oxygen atoms in total. The molecule has 112 valence electrons. The molecule has 2 aromatic rings. The van der Waals surface area contributed by atoms with Crippen LogP contribution in [0, 0.1) is 12.3 Å². The van der Waals surface area contributed by atoms with Gasteiger partial charge in [-0.1, -0.05) is 18.5 Å². The summed E-state index contributed by atoms with van der Waals surface area (Å²) in [6.07, 6.45) is 3.59. The van der Waals surface area contributed by atoms with Crippen LogP contribution in [0.1, 0.15) is 31.9 Å². The van der Waals surface area contributed by atoms with Crippen LogP contribution in [0.15, 0.2) is 10.9 Å². The third-order valence-corrected chi connectivity index (χ3v) is 4.26. The molecule has 0 radical (unpaired) electrons. The molecule has 2 aromatic heterocycles. The van der Waals surface area contributed by atoms with Crippen molar-refractivity contribution in [2.24, 2.45) is 5.41 Å². The molecule has 3 heterocycles. The van der Waals surface area contributed by atoms with Gasteiger partial charge >= 0.3 is 5.97 Å². The first-order chi connectivity index (χ1) is 10.1. The fraction of sp³-hybridized carbons (Fsp3) is 0.571. The molecule has 1 aliphatic rings. The monoisotopic (exact) mass is 290 g/mol. The summed E-state index contributed by atoms with van der Waals surface area (Å²) in [4.78, 5) is 22.1. The zero-order chi connectivity index (χ0) is 15.0. The van der Waals surface area contributed by atoms with Gasteiger partial charge in [0, 0.05) is 13.1 Å². The highest BCUT2D eigenvalue weighted by molar-refractivity contribution is 5.88. The van der Waals surface area contributed by atoms with Gasteiger partial charge in [-0.3, -0.25) is 4.79 Å². The summed E-state index contributed by atoms with van der Waals surface area (Å²) in [7, 11) is 0. The summed E-state index contributed by atoms with van der Waals surface area (Å²) >= 11 is 0. The average molecular weight is 290 g/mol. The largest absolute Gasteiger partial charge is 0.481 e. The number of aromatic nitrogens is 3. The van der Waals surface area contributed by atoms with Gasteiger partial charge in [0.05, 0.1) is 11.1 Å². The maximum absolute atomic E-state index is 11.7. The van der Waals surface area contributed by atoms with Crippen molar-refractivity contribution >= 4 is 22.9 Å². The van der Waals surface area contributed by atoms with E-state index in [4.69, 9.17) is 4.52 Å². The van der Waals surface area contributed by atoms with E-state index in [9.17, 15) is 9.90 Å². The summed E-state index contributed by atoms with van der Waals surface area (Å²) in [6.45, 7) is 4.99. The molecule has 1 aliphatic heterocycles. The topological polar surface area (TPSA) is 92.3 Å². The van der Waals surface area contributed by atoms with Crippen LogP contribution in [0.25, 0.3) is 11.1 Å². The van der Waals surface area contributed by atoms with Gasteiger partial charge in [0.15, 0.2) is 0 Å². The highest BCUT2D eigenvalue weighted by Crippen LogP contribution is 2.39. The van der Waals surface area contributed by atoms with Crippen molar-refractivity contribution in [1.82, 2.24) is 15.1 Å².